The van der Waals surface area contributed by atoms with Gasteiger partial charge < -0.3 is 0 Å². The van der Waals surface area contributed by atoms with Gasteiger partial charge in [-0.15, -0.1) is 0 Å². The highest BCUT2D eigenvalue weighted by Crippen LogP contribution is 2.34. The number of rotatable bonds is 2. The summed E-state index contributed by atoms with van der Waals surface area (Å²) in [6.07, 6.45) is -3.53. The van der Waals surface area contributed by atoms with Gasteiger partial charge in [-0.2, -0.15) is 0 Å². The van der Waals surface area contributed by atoms with E-state index in [1.54, 1.807) is 0 Å². The van der Waals surface area contributed by atoms with Gasteiger partial charge in [-0.3, -0.25) is 0 Å². The lowest BCUT2D eigenvalue weighted by molar-refractivity contribution is 0.139. The van der Waals surface area contributed by atoms with E-state index in [9.17, 15) is 34.8 Å². The van der Waals surface area contributed by atoms with Crippen LogP contribution < -0.4 is 0 Å². The molecule has 0 radical (unpaired) electrons. The van der Waals surface area contributed by atoms with Crippen LogP contribution in [-0.2, 0) is 9.84 Å². The Morgan fingerprint density at radius 2 is 1.29 bits per heavy atom. The molecule has 2 nitrogen and oxygen atoms in total. The summed E-state index contributed by atoms with van der Waals surface area (Å²) in [5.41, 5.74) is -2.01. The third-order valence-corrected chi connectivity index (χ3v) is 2.99. The second-order valence-corrected chi connectivity index (χ2v) is 5.02. The fourth-order valence-corrected chi connectivity index (χ4v) is 2.18. The van der Waals surface area contributed by atoms with E-state index in [0.717, 1.165) is 0 Å². The van der Waals surface area contributed by atoms with E-state index in [1.165, 1.54) is 0 Å². The molecule has 0 saturated carbocycles. The van der Waals surface area contributed by atoms with Crippen LogP contribution >= 0.6 is 0 Å². The summed E-state index contributed by atoms with van der Waals surface area (Å²) in [6, 6.07) is 0. The van der Waals surface area contributed by atoms with Crippen molar-refractivity contribution in [2.45, 2.75) is 11.3 Å². The van der Waals surface area contributed by atoms with Crippen molar-refractivity contribution < 1.29 is 34.8 Å². The molecule has 0 aliphatic rings. The van der Waals surface area contributed by atoms with Crippen LogP contribution in [0.4, 0.5) is 26.3 Å². The number of hydrogen-bond acceptors (Lipinski definition) is 2. The Hall–Kier alpha value is -1.25. The van der Waals surface area contributed by atoms with Gasteiger partial charge in [0.25, 0.3) is 6.43 Å². The first-order chi connectivity index (χ1) is 7.59. The van der Waals surface area contributed by atoms with Gasteiger partial charge in [0.2, 0.25) is 0 Å². The molecule has 0 unspecified atom stereocenters. The number of alkyl halides is 2. The molecule has 0 N–H and O–H groups in total. The molecule has 0 aliphatic heterocycles. The second kappa shape index (κ2) is 4.21. The second-order valence-electron chi connectivity index (χ2n) is 3.07. The van der Waals surface area contributed by atoms with Crippen LogP contribution in [0.3, 0.4) is 0 Å². The molecule has 0 aliphatic carbocycles. The molecule has 0 spiro atoms. The molecule has 0 bridgehead atoms. The number of halogens is 6. The van der Waals surface area contributed by atoms with Crippen LogP contribution in [0.2, 0.25) is 0 Å². The molecular formula is C8H4F6O2S. The van der Waals surface area contributed by atoms with Gasteiger partial charge in [0.1, 0.15) is 4.90 Å². The molecule has 1 aromatic rings. The minimum absolute atomic E-state index is 0.272. The molecule has 0 atom stereocenters. The van der Waals surface area contributed by atoms with Crippen molar-refractivity contribution >= 4 is 9.84 Å². The average molecular weight is 278 g/mol. The van der Waals surface area contributed by atoms with Gasteiger partial charge in [0.15, 0.2) is 33.1 Å². The summed E-state index contributed by atoms with van der Waals surface area (Å²) in [5, 5.41) is 0. The van der Waals surface area contributed by atoms with Crippen molar-refractivity contribution in [2.75, 3.05) is 6.26 Å². The van der Waals surface area contributed by atoms with Crippen molar-refractivity contribution in [3.8, 4) is 0 Å². The summed E-state index contributed by atoms with van der Waals surface area (Å²) in [5.74, 6) is -9.71. The van der Waals surface area contributed by atoms with Crippen LogP contribution in [0.15, 0.2) is 4.90 Å². The third-order valence-electron chi connectivity index (χ3n) is 1.85. The Kier molecular flexibility index (Phi) is 3.42. The van der Waals surface area contributed by atoms with E-state index in [1.807, 2.05) is 0 Å². The van der Waals surface area contributed by atoms with E-state index in [0.29, 0.717) is 0 Å². The predicted octanol–water partition coefficient (Wildman–Crippen LogP) is 2.58. The lowest BCUT2D eigenvalue weighted by Crippen LogP contribution is -2.13. The van der Waals surface area contributed by atoms with Crippen LogP contribution in [0, 0.1) is 23.3 Å². The quantitative estimate of drug-likeness (QED) is 0.360. The van der Waals surface area contributed by atoms with E-state index in [4.69, 9.17) is 0 Å². The van der Waals surface area contributed by atoms with Gasteiger partial charge in [-0.1, -0.05) is 0 Å². The molecule has 0 aromatic heterocycles. The van der Waals surface area contributed by atoms with Crippen molar-refractivity contribution in [3.63, 3.8) is 0 Å². The first-order valence-corrected chi connectivity index (χ1v) is 5.82. The standard InChI is InChI=1S/C8H4F6O2S/c1-17(15,16)7-2(8(13)14)3(9)4(10)5(11)6(7)12/h8H,1H3. The summed E-state index contributed by atoms with van der Waals surface area (Å²) in [4.78, 5) is -1.87. The van der Waals surface area contributed by atoms with Crippen LogP contribution in [0.5, 0.6) is 0 Å². The van der Waals surface area contributed by atoms with E-state index in [-0.39, 0.29) is 6.26 Å². The van der Waals surface area contributed by atoms with Gasteiger partial charge in [-0.05, 0) is 0 Å². The average Bonchev–Trinajstić information content (AvgIpc) is 2.17. The Morgan fingerprint density at radius 1 is 0.882 bits per heavy atom. The normalized spacial score (nSPS) is 12.2. The molecule has 0 saturated heterocycles. The van der Waals surface area contributed by atoms with Gasteiger partial charge in [0.05, 0.1) is 5.56 Å². The zero-order valence-electron chi connectivity index (χ0n) is 8.07. The Balaban J connectivity index is 3.93. The molecule has 1 rings (SSSR count). The van der Waals surface area contributed by atoms with E-state index >= 15 is 0 Å². The first kappa shape index (κ1) is 13.8. The Morgan fingerprint density at radius 3 is 1.65 bits per heavy atom. The largest absolute Gasteiger partial charge is 0.268 e. The lowest BCUT2D eigenvalue weighted by atomic mass is 10.2. The predicted molar refractivity (Wildman–Crippen MR) is 44.3 cm³/mol. The van der Waals surface area contributed by atoms with Crippen molar-refractivity contribution in [2.24, 2.45) is 0 Å². The highest BCUT2D eigenvalue weighted by atomic mass is 32.2. The van der Waals surface area contributed by atoms with Gasteiger partial charge in [-0.25, -0.2) is 34.8 Å². The zero-order valence-corrected chi connectivity index (χ0v) is 8.89. The summed E-state index contributed by atoms with van der Waals surface area (Å²) < 4.78 is 98.0. The van der Waals surface area contributed by atoms with Crippen LogP contribution in [0.1, 0.15) is 12.0 Å². The minimum atomic E-state index is -4.67. The highest BCUT2D eigenvalue weighted by Gasteiger charge is 2.34. The monoisotopic (exact) mass is 278 g/mol. The third kappa shape index (κ3) is 2.24. The summed E-state index contributed by atoms with van der Waals surface area (Å²) in [6.45, 7) is 0. The lowest BCUT2D eigenvalue weighted by Gasteiger charge is -2.11. The van der Waals surface area contributed by atoms with Crippen molar-refractivity contribution in [1.82, 2.24) is 0 Å². The van der Waals surface area contributed by atoms with E-state index in [2.05, 4.69) is 0 Å². The Bertz CT molecular complexity index is 566. The van der Waals surface area contributed by atoms with Crippen LogP contribution in [0.25, 0.3) is 0 Å². The topological polar surface area (TPSA) is 34.1 Å². The molecule has 0 amide bonds. The van der Waals surface area contributed by atoms with Gasteiger partial charge in [0, 0.05) is 6.26 Å². The maximum atomic E-state index is 13.1. The molecule has 1 aromatic carbocycles. The molecule has 96 valence electrons. The maximum absolute atomic E-state index is 13.1. The summed E-state index contributed by atoms with van der Waals surface area (Å²) in [7, 11) is -4.67. The fraction of sp³-hybridized carbons (Fsp3) is 0.250. The number of hydrogen-bond donors (Lipinski definition) is 0. The van der Waals surface area contributed by atoms with Crippen molar-refractivity contribution in [3.05, 3.63) is 28.8 Å². The SMILES string of the molecule is CS(=O)(=O)c1c(F)c(F)c(F)c(F)c1C(F)F. The van der Waals surface area contributed by atoms with Crippen molar-refractivity contribution in [1.29, 1.82) is 0 Å². The zero-order chi connectivity index (χ0) is 13.5. The smallest absolute Gasteiger partial charge is 0.224 e. The number of benzene rings is 1. The van der Waals surface area contributed by atoms with Crippen LogP contribution in [-0.4, -0.2) is 14.7 Å². The van der Waals surface area contributed by atoms with Gasteiger partial charge >= 0.3 is 0 Å². The molecular weight excluding hydrogens is 274 g/mol. The maximum Gasteiger partial charge on any atom is 0.268 e. The number of sulfone groups is 1. The minimum Gasteiger partial charge on any atom is -0.224 e. The first-order valence-electron chi connectivity index (χ1n) is 3.93. The Labute approximate surface area is 91.8 Å². The molecule has 9 heteroatoms. The molecule has 17 heavy (non-hydrogen) atoms. The fourth-order valence-electron chi connectivity index (χ4n) is 1.19. The summed E-state index contributed by atoms with van der Waals surface area (Å²) >= 11 is 0. The molecule has 0 heterocycles. The molecule has 0 fully saturated rings. The van der Waals surface area contributed by atoms with E-state index < -0.39 is 50.0 Å². The highest BCUT2D eigenvalue weighted by molar-refractivity contribution is 7.90.